The molecule has 2 saturated carbocycles. The number of hydrogen-bond donors (Lipinski definition) is 1. The molecule has 0 unspecified atom stereocenters. The summed E-state index contributed by atoms with van der Waals surface area (Å²) in [6, 6.07) is 0.849. The van der Waals surface area contributed by atoms with Gasteiger partial charge in [0, 0.05) is 36.6 Å². The van der Waals surface area contributed by atoms with Gasteiger partial charge in [0.15, 0.2) is 0 Å². The Morgan fingerprint density at radius 1 is 1.11 bits per heavy atom. The van der Waals surface area contributed by atoms with Crippen LogP contribution in [-0.2, 0) is 0 Å². The van der Waals surface area contributed by atoms with E-state index in [1.165, 1.54) is 45.1 Å². The molecule has 0 bridgehead atoms. The Bertz CT molecular complexity index is 430. The molecule has 2 aliphatic carbocycles. The van der Waals surface area contributed by atoms with Gasteiger partial charge in [-0.1, -0.05) is 0 Å². The Kier molecular flexibility index (Phi) is 3.19. The molecule has 1 aliphatic heterocycles. The molecule has 0 atom stereocenters. The molecule has 4 nitrogen and oxygen atoms in total. The van der Waals surface area contributed by atoms with E-state index in [1.807, 2.05) is 0 Å². The number of nitrogens with zero attached hydrogens (tertiary/aromatic N) is 3. The van der Waals surface area contributed by atoms with Gasteiger partial charge in [-0.3, -0.25) is 0 Å². The first kappa shape index (κ1) is 12.1. The lowest BCUT2D eigenvalue weighted by Gasteiger charge is -2.31. The van der Waals surface area contributed by atoms with Gasteiger partial charge in [0.25, 0.3) is 0 Å². The fourth-order valence-corrected chi connectivity index (χ4v) is 3.61. The number of anilines is 1. The average Bonchev–Trinajstić information content (AvgIpc) is 3.37. The van der Waals surface area contributed by atoms with E-state index in [-0.39, 0.29) is 0 Å². The number of rotatable bonds is 5. The molecule has 0 radical (unpaired) electrons. The quantitative estimate of drug-likeness (QED) is 0.898. The topological polar surface area (TPSA) is 41.1 Å². The molecular formula is C14H22N4S. The van der Waals surface area contributed by atoms with Crippen molar-refractivity contribution < 1.29 is 0 Å². The van der Waals surface area contributed by atoms with E-state index in [9.17, 15) is 0 Å². The molecule has 5 heteroatoms. The molecule has 4 rings (SSSR count). The van der Waals surface area contributed by atoms with Gasteiger partial charge < -0.3 is 10.2 Å². The highest BCUT2D eigenvalue weighted by molar-refractivity contribution is 7.09. The Labute approximate surface area is 118 Å². The Morgan fingerprint density at radius 2 is 1.89 bits per heavy atom. The normalized spacial score (nSPS) is 24.9. The van der Waals surface area contributed by atoms with Crippen LogP contribution in [0.3, 0.4) is 0 Å². The summed E-state index contributed by atoms with van der Waals surface area (Å²) in [6.07, 6.45) is 7.99. The van der Waals surface area contributed by atoms with Crippen molar-refractivity contribution in [2.45, 2.75) is 50.5 Å². The van der Waals surface area contributed by atoms with E-state index >= 15 is 0 Å². The molecule has 3 aliphatic rings. The lowest BCUT2D eigenvalue weighted by atomic mass is 9.97. The molecule has 0 aromatic carbocycles. The fraction of sp³-hybridized carbons (Fsp3) is 0.857. The minimum Gasteiger partial charge on any atom is -0.347 e. The smallest absolute Gasteiger partial charge is 0.205 e. The fourth-order valence-electron chi connectivity index (χ4n) is 2.81. The van der Waals surface area contributed by atoms with Crippen LogP contribution in [0.1, 0.15) is 50.3 Å². The maximum Gasteiger partial charge on any atom is 0.205 e. The molecule has 0 spiro atoms. The number of aromatic nitrogens is 2. The third-order valence-corrected chi connectivity index (χ3v) is 5.32. The van der Waals surface area contributed by atoms with Crippen molar-refractivity contribution in [2.24, 2.45) is 5.92 Å². The predicted octanol–water partition coefficient (Wildman–Crippen LogP) is 2.38. The third-order valence-electron chi connectivity index (χ3n) is 4.53. The van der Waals surface area contributed by atoms with Crippen molar-refractivity contribution in [1.82, 2.24) is 14.7 Å². The van der Waals surface area contributed by atoms with Crippen molar-refractivity contribution in [1.29, 1.82) is 0 Å². The zero-order chi connectivity index (χ0) is 12.7. The highest BCUT2D eigenvalue weighted by Gasteiger charge is 2.29. The van der Waals surface area contributed by atoms with Crippen molar-refractivity contribution >= 4 is 16.7 Å². The summed E-state index contributed by atoms with van der Waals surface area (Å²) in [5.41, 5.74) is 0. The van der Waals surface area contributed by atoms with Crippen LogP contribution in [0.4, 0.5) is 5.13 Å². The Morgan fingerprint density at radius 3 is 2.58 bits per heavy atom. The van der Waals surface area contributed by atoms with Gasteiger partial charge in [-0.2, -0.15) is 4.37 Å². The van der Waals surface area contributed by atoms with E-state index in [2.05, 4.69) is 14.6 Å². The van der Waals surface area contributed by atoms with Gasteiger partial charge in [-0.25, -0.2) is 4.98 Å². The van der Waals surface area contributed by atoms with Crippen LogP contribution in [-0.4, -0.2) is 35.0 Å². The second-order valence-electron chi connectivity index (χ2n) is 6.32. The predicted molar refractivity (Wildman–Crippen MR) is 77.8 cm³/mol. The molecule has 19 heavy (non-hydrogen) atoms. The van der Waals surface area contributed by atoms with Crippen LogP contribution < -0.4 is 10.2 Å². The molecule has 104 valence electrons. The van der Waals surface area contributed by atoms with Gasteiger partial charge in [0.05, 0.1) is 0 Å². The summed E-state index contributed by atoms with van der Waals surface area (Å²) in [5, 5.41) is 4.83. The van der Waals surface area contributed by atoms with E-state index in [0.717, 1.165) is 36.0 Å². The third kappa shape index (κ3) is 2.92. The van der Waals surface area contributed by atoms with Crippen LogP contribution in [0.25, 0.3) is 0 Å². The first-order valence-electron chi connectivity index (χ1n) is 7.70. The maximum absolute atomic E-state index is 4.72. The molecule has 2 heterocycles. The Balaban J connectivity index is 1.28. The summed E-state index contributed by atoms with van der Waals surface area (Å²) in [5.74, 6) is 2.66. The first-order valence-corrected chi connectivity index (χ1v) is 8.48. The summed E-state index contributed by atoms with van der Waals surface area (Å²) in [6.45, 7) is 3.55. The molecular weight excluding hydrogens is 256 g/mol. The van der Waals surface area contributed by atoms with Crippen molar-refractivity contribution in [3.63, 3.8) is 0 Å². The van der Waals surface area contributed by atoms with Crippen molar-refractivity contribution in [3.05, 3.63) is 5.82 Å². The van der Waals surface area contributed by atoms with Gasteiger partial charge in [-0.15, -0.1) is 0 Å². The van der Waals surface area contributed by atoms with Crippen LogP contribution in [0.2, 0.25) is 0 Å². The molecule has 1 aromatic rings. The van der Waals surface area contributed by atoms with Crippen molar-refractivity contribution in [3.8, 4) is 0 Å². The zero-order valence-electron chi connectivity index (χ0n) is 11.3. The van der Waals surface area contributed by atoms with E-state index < -0.39 is 0 Å². The maximum atomic E-state index is 4.72. The van der Waals surface area contributed by atoms with E-state index in [4.69, 9.17) is 4.98 Å². The standard InChI is InChI=1S/C14H22N4S/c1-2-11(1)13-16-14(19-17-13)18-7-5-10(6-8-18)9-15-12-3-4-12/h10-12,15H,1-9H2. The van der Waals surface area contributed by atoms with E-state index in [0.29, 0.717) is 5.92 Å². The molecule has 1 aromatic heterocycles. The molecule has 3 fully saturated rings. The summed E-state index contributed by atoms with van der Waals surface area (Å²) in [4.78, 5) is 7.16. The van der Waals surface area contributed by atoms with Crippen LogP contribution in [0.5, 0.6) is 0 Å². The minimum atomic E-state index is 0.685. The van der Waals surface area contributed by atoms with Crippen LogP contribution in [0.15, 0.2) is 0 Å². The number of piperidine rings is 1. The summed E-state index contributed by atoms with van der Waals surface area (Å²) < 4.78 is 4.52. The lowest BCUT2D eigenvalue weighted by molar-refractivity contribution is 0.382. The molecule has 0 amide bonds. The van der Waals surface area contributed by atoms with Gasteiger partial charge in [0.1, 0.15) is 5.82 Å². The second kappa shape index (κ2) is 5.02. The monoisotopic (exact) mass is 278 g/mol. The zero-order valence-corrected chi connectivity index (χ0v) is 12.2. The molecule has 1 N–H and O–H groups in total. The number of nitrogens with one attached hydrogen (secondary N) is 1. The Hall–Kier alpha value is -0.680. The largest absolute Gasteiger partial charge is 0.347 e. The SMILES string of the molecule is C1CN(c2nc(C3CC3)ns2)CCC1CNC1CC1. The van der Waals surface area contributed by atoms with Gasteiger partial charge in [0.2, 0.25) is 5.13 Å². The summed E-state index contributed by atoms with van der Waals surface area (Å²) >= 11 is 1.60. The summed E-state index contributed by atoms with van der Waals surface area (Å²) in [7, 11) is 0. The van der Waals surface area contributed by atoms with Crippen LogP contribution in [0, 0.1) is 5.92 Å². The second-order valence-corrected chi connectivity index (χ2v) is 7.05. The van der Waals surface area contributed by atoms with Gasteiger partial charge in [-0.05, 0) is 51.0 Å². The first-order chi connectivity index (χ1) is 9.38. The minimum absolute atomic E-state index is 0.685. The van der Waals surface area contributed by atoms with Crippen molar-refractivity contribution in [2.75, 3.05) is 24.5 Å². The van der Waals surface area contributed by atoms with Crippen LogP contribution >= 0.6 is 11.5 Å². The molecule has 1 saturated heterocycles. The van der Waals surface area contributed by atoms with Gasteiger partial charge >= 0.3 is 0 Å². The van der Waals surface area contributed by atoms with E-state index in [1.54, 1.807) is 11.5 Å². The highest BCUT2D eigenvalue weighted by Crippen LogP contribution is 2.40. The lowest BCUT2D eigenvalue weighted by Crippen LogP contribution is -2.37. The number of hydrogen-bond acceptors (Lipinski definition) is 5. The highest BCUT2D eigenvalue weighted by atomic mass is 32.1. The average molecular weight is 278 g/mol.